The van der Waals surface area contributed by atoms with Gasteiger partial charge in [-0.1, -0.05) is 91.0 Å². The molecule has 0 N–H and O–H groups in total. The largest absolute Gasteiger partial charge is 0.315 e. The van der Waals surface area contributed by atoms with Crippen LogP contribution in [0.25, 0.3) is 0 Å². The second kappa shape index (κ2) is 14.5. The van der Waals surface area contributed by atoms with Gasteiger partial charge < -0.3 is 4.52 Å². The van der Waals surface area contributed by atoms with E-state index in [-0.39, 0.29) is 14.2 Å². The van der Waals surface area contributed by atoms with Gasteiger partial charge in [0.25, 0.3) is 0 Å². The molecular formula is C30H39O2PS5. The zero-order valence-corrected chi connectivity index (χ0v) is 28.1. The maximum Gasteiger partial charge on any atom is 0.315 e. The Morgan fingerprint density at radius 3 is 1.21 bits per heavy atom. The van der Waals surface area contributed by atoms with Crippen LogP contribution in [0.3, 0.4) is 0 Å². The van der Waals surface area contributed by atoms with Gasteiger partial charge in [-0.3, -0.25) is 4.57 Å². The molecule has 0 fully saturated rings. The number of thioether (sulfide) groups is 3. The first kappa shape index (κ1) is 32.1. The summed E-state index contributed by atoms with van der Waals surface area (Å²) in [5.41, 5.74) is 3.78. The highest BCUT2D eigenvalue weighted by Crippen LogP contribution is 2.72. The monoisotopic (exact) mass is 622 g/mol. The third kappa shape index (κ3) is 9.90. The maximum absolute atomic E-state index is 14.1. The summed E-state index contributed by atoms with van der Waals surface area (Å²) in [6, 6.07) is 31.5. The Hall–Kier alpha value is -0.400. The number of benzene rings is 3. The second-order valence-electron chi connectivity index (χ2n) is 10.3. The molecule has 0 spiro atoms. The Kier molecular flexibility index (Phi) is 12.2. The van der Waals surface area contributed by atoms with Gasteiger partial charge in [-0.25, -0.2) is 0 Å². The average molecular weight is 623 g/mol. The first-order valence-electron chi connectivity index (χ1n) is 12.6. The van der Waals surface area contributed by atoms with Crippen LogP contribution in [0.5, 0.6) is 0 Å². The molecule has 0 saturated carbocycles. The van der Waals surface area contributed by atoms with Crippen molar-refractivity contribution in [1.82, 2.24) is 0 Å². The van der Waals surface area contributed by atoms with E-state index in [0.29, 0.717) is 16.1 Å². The van der Waals surface area contributed by atoms with Crippen LogP contribution < -0.4 is 0 Å². The van der Waals surface area contributed by atoms with Crippen LogP contribution in [-0.4, -0.2) is 16.1 Å². The Balaban J connectivity index is 1.63. The van der Waals surface area contributed by atoms with Crippen molar-refractivity contribution in [2.24, 2.45) is 0 Å². The smallest absolute Gasteiger partial charge is 0.303 e. The number of hydrogen-bond acceptors (Lipinski definition) is 7. The Labute approximate surface area is 251 Å². The van der Waals surface area contributed by atoms with E-state index in [0.717, 1.165) is 0 Å². The summed E-state index contributed by atoms with van der Waals surface area (Å²) in [5, 5.41) is 1.40. The van der Waals surface area contributed by atoms with Gasteiger partial charge in [-0.2, -0.15) is 0 Å². The van der Waals surface area contributed by atoms with E-state index >= 15 is 0 Å². The summed E-state index contributed by atoms with van der Waals surface area (Å²) in [4.78, 5) is 0. The number of hydrogen-bond donors (Lipinski definition) is 0. The molecule has 0 aliphatic heterocycles. The fourth-order valence-corrected chi connectivity index (χ4v) is 17.3. The first-order valence-corrected chi connectivity index (χ1v) is 20.3. The van der Waals surface area contributed by atoms with Crippen molar-refractivity contribution < 1.29 is 9.09 Å². The molecule has 0 atom stereocenters. The van der Waals surface area contributed by atoms with Gasteiger partial charge in [0.15, 0.2) is 0 Å². The molecule has 38 heavy (non-hydrogen) atoms. The molecular weight excluding hydrogens is 584 g/mol. The van der Waals surface area contributed by atoms with Crippen LogP contribution in [0.2, 0.25) is 0 Å². The minimum Gasteiger partial charge on any atom is -0.303 e. The predicted octanol–water partition coefficient (Wildman–Crippen LogP) is 11.5. The molecule has 3 rings (SSSR count). The Morgan fingerprint density at radius 2 is 0.868 bits per heavy atom. The van der Waals surface area contributed by atoms with Gasteiger partial charge in [0.05, 0.1) is 10.2 Å². The molecule has 0 heterocycles. The lowest BCUT2D eigenvalue weighted by molar-refractivity contribution is 0.403. The van der Waals surface area contributed by atoms with Gasteiger partial charge >= 0.3 is 5.77 Å². The quantitative estimate of drug-likeness (QED) is 0.123. The average Bonchev–Trinajstić information content (AvgIpc) is 2.90. The van der Waals surface area contributed by atoms with E-state index in [1.807, 2.05) is 41.7 Å². The van der Waals surface area contributed by atoms with E-state index in [1.54, 1.807) is 11.8 Å². The van der Waals surface area contributed by atoms with Crippen molar-refractivity contribution in [3.63, 3.8) is 0 Å². The lowest BCUT2D eigenvalue weighted by Crippen LogP contribution is -2.13. The van der Waals surface area contributed by atoms with Crippen LogP contribution in [0, 0.1) is 0 Å². The van der Waals surface area contributed by atoms with E-state index in [1.165, 1.54) is 39.5 Å². The van der Waals surface area contributed by atoms with E-state index in [4.69, 9.17) is 4.52 Å². The summed E-state index contributed by atoms with van der Waals surface area (Å²) in [5.74, 6) is -2.59. The van der Waals surface area contributed by atoms with Crippen LogP contribution in [-0.2, 0) is 23.3 Å². The van der Waals surface area contributed by atoms with Gasteiger partial charge in [0, 0.05) is 14.2 Å². The zero-order chi connectivity index (χ0) is 27.7. The molecule has 0 unspecified atom stereocenters. The van der Waals surface area contributed by atoms with Crippen LogP contribution >= 0.6 is 63.8 Å². The van der Waals surface area contributed by atoms with E-state index in [9.17, 15) is 4.57 Å². The van der Waals surface area contributed by atoms with E-state index < -0.39 is 5.77 Å². The molecule has 0 aliphatic carbocycles. The summed E-state index contributed by atoms with van der Waals surface area (Å²) < 4.78 is 20.1. The summed E-state index contributed by atoms with van der Waals surface area (Å²) >= 11 is 8.27. The standard InChI is InChI=1S/C30H39O2PS5/c1-28(2,25-16-10-7-11-17-25)34-22-32-33(31,37-23-35-29(3,4)26-18-12-8-13-19-26)38-24-36-30(5,6)27-20-14-9-15-21-27/h7-21H,22-24H2,1-6H3. The van der Waals surface area contributed by atoms with Crippen molar-refractivity contribution in [3.05, 3.63) is 108 Å². The van der Waals surface area contributed by atoms with Gasteiger partial charge in [-0.15, -0.1) is 35.3 Å². The third-order valence-corrected chi connectivity index (χ3v) is 18.8. The molecule has 0 saturated heterocycles. The van der Waals surface area contributed by atoms with Gasteiger partial charge in [0.2, 0.25) is 0 Å². The van der Waals surface area contributed by atoms with Crippen molar-refractivity contribution >= 4 is 63.8 Å². The van der Waals surface area contributed by atoms with Crippen LogP contribution in [0.4, 0.5) is 0 Å². The van der Waals surface area contributed by atoms with E-state index in [2.05, 4.69) is 114 Å². The minimum absolute atomic E-state index is 0.0716. The fourth-order valence-electron chi connectivity index (χ4n) is 3.60. The highest BCUT2D eigenvalue weighted by molar-refractivity contribution is 8.90. The molecule has 0 bridgehead atoms. The molecule has 0 amide bonds. The Bertz CT molecular complexity index is 1010. The SMILES string of the molecule is CC(C)(SCOP(=O)(SCSC(C)(C)c1ccccc1)SCSC(C)(C)c1ccccc1)c1ccccc1. The fraction of sp³-hybridized carbons (Fsp3) is 0.400. The van der Waals surface area contributed by atoms with Crippen LogP contribution in [0.1, 0.15) is 58.2 Å². The first-order chi connectivity index (χ1) is 17.9. The number of rotatable bonds is 15. The van der Waals surface area contributed by atoms with Crippen molar-refractivity contribution in [1.29, 1.82) is 0 Å². The molecule has 206 valence electrons. The summed E-state index contributed by atoms with van der Waals surface area (Å²) in [6.45, 7) is 13.3. The highest BCUT2D eigenvalue weighted by Gasteiger charge is 2.31. The lowest BCUT2D eigenvalue weighted by atomic mass is 10.0. The normalized spacial score (nSPS) is 13.0. The second-order valence-corrected chi connectivity index (χ2v) is 23.1. The van der Waals surface area contributed by atoms with Gasteiger partial charge in [-0.05, 0) is 81.0 Å². The molecule has 3 aromatic carbocycles. The predicted molar refractivity (Wildman–Crippen MR) is 180 cm³/mol. The molecule has 0 aromatic heterocycles. The third-order valence-electron chi connectivity index (χ3n) is 6.30. The van der Waals surface area contributed by atoms with Crippen molar-refractivity contribution in [2.75, 3.05) is 16.1 Å². The maximum atomic E-state index is 14.1. The zero-order valence-electron chi connectivity index (χ0n) is 23.1. The minimum atomic E-state index is -2.98. The molecule has 0 radical (unpaired) electrons. The molecule has 0 aliphatic rings. The topological polar surface area (TPSA) is 26.3 Å². The molecule has 8 heteroatoms. The highest BCUT2D eigenvalue weighted by atomic mass is 33.1. The van der Waals surface area contributed by atoms with Crippen molar-refractivity contribution in [2.45, 2.75) is 55.8 Å². The molecule has 3 aromatic rings. The Morgan fingerprint density at radius 1 is 0.553 bits per heavy atom. The van der Waals surface area contributed by atoms with Crippen LogP contribution in [0.15, 0.2) is 91.0 Å². The summed E-state index contributed by atoms with van der Waals surface area (Å²) in [7, 11) is 0. The van der Waals surface area contributed by atoms with Crippen molar-refractivity contribution in [3.8, 4) is 0 Å². The van der Waals surface area contributed by atoms with Gasteiger partial charge in [0.1, 0.15) is 5.94 Å². The summed E-state index contributed by atoms with van der Waals surface area (Å²) in [6.07, 6.45) is 0. The molecule has 2 nitrogen and oxygen atoms in total. The lowest BCUT2D eigenvalue weighted by Gasteiger charge is -2.28.